The van der Waals surface area contributed by atoms with Gasteiger partial charge in [-0.05, 0) is 17.7 Å². The number of nitrogens with one attached hydrogen (secondary N) is 1. The average Bonchev–Trinajstić information content (AvgIpc) is 2.49. The number of benzene rings is 2. The van der Waals surface area contributed by atoms with Crippen LogP contribution in [0.3, 0.4) is 0 Å². The summed E-state index contributed by atoms with van der Waals surface area (Å²) in [5, 5.41) is 14.5. The molecule has 21 heavy (non-hydrogen) atoms. The van der Waals surface area contributed by atoms with Crippen LogP contribution in [-0.4, -0.2) is 12.0 Å². The van der Waals surface area contributed by atoms with Crippen molar-refractivity contribution in [3.63, 3.8) is 0 Å². The fourth-order valence-corrected chi connectivity index (χ4v) is 2.13. The Balaban J connectivity index is 2.07. The molecule has 0 aliphatic carbocycles. The van der Waals surface area contributed by atoms with Crippen molar-refractivity contribution >= 4 is 23.0 Å². The van der Waals surface area contributed by atoms with Gasteiger partial charge in [0, 0.05) is 35.5 Å². The minimum atomic E-state index is -0.420. The van der Waals surface area contributed by atoms with E-state index in [9.17, 15) is 10.1 Å². The van der Waals surface area contributed by atoms with Gasteiger partial charge >= 0.3 is 0 Å². The Kier molecular flexibility index (Phi) is 5.14. The van der Waals surface area contributed by atoms with E-state index in [4.69, 9.17) is 16.3 Å². The molecule has 0 bridgehead atoms. The van der Waals surface area contributed by atoms with Gasteiger partial charge in [0.05, 0.1) is 18.1 Å². The standard InChI is InChI=1S/C15H15ClN2O3/c1-17-15-7-6-13(18(19)20)8-12(15)10-21-9-11-4-2-3-5-14(11)16/h2-8,17H,9-10H2,1H3. The first kappa shape index (κ1) is 15.3. The maximum absolute atomic E-state index is 10.8. The van der Waals surface area contributed by atoms with E-state index in [1.165, 1.54) is 12.1 Å². The zero-order valence-electron chi connectivity index (χ0n) is 11.5. The zero-order valence-corrected chi connectivity index (χ0v) is 12.3. The fourth-order valence-electron chi connectivity index (χ4n) is 1.94. The van der Waals surface area contributed by atoms with Gasteiger partial charge in [-0.25, -0.2) is 0 Å². The largest absolute Gasteiger partial charge is 0.388 e. The highest BCUT2D eigenvalue weighted by Crippen LogP contribution is 2.23. The Labute approximate surface area is 127 Å². The summed E-state index contributed by atoms with van der Waals surface area (Å²) in [5.41, 5.74) is 2.47. The lowest BCUT2D eigenvalue weighted by molar-refractivity contribution is -0.384. The molecule has 0 atom stereocenters. The van der Waals surface area contributed by atoms with Gasteiger partial charge in [0.1, 0.15) is 0 Å². The summed E-state index contributed by atoms with van der Waals surface area (Å²) in [5.74, 6) is 0. The topological polar surface area (TPSA) is 64.4 Å². The first-order valence-corrected chi connectivity index (χ1v) is 6.76. The van der Waals surface area contributed by atoms with E-state index < -0.39 is 4.92 Å². The molecule has 0 fully saturated rings. The van der Waals surface area contributed by atoms with Crippen molar-refractivity contribution in [2.45, 2.75) is 13.2 Å². The predicted octanol–water partition coefficient (Wildman–Crippen LogP) is 4.01. The van der Waals surface area contributed by atoms with Crippen molar-refractivity contribution in [2.75, 3.05) is 12.4 Å². The first-order valence-electron chi connectivity index (χ1n) is 6.38. The summed E-state index contributed by atoms with van der Waals surface area (Å²) >= 11 is 6.05. The molecule has 5 nitrogen and oxygen atoms in total. The number of hydrogen-bond donors (Lipinski definition) is 1. The molecular formula is C15H15ClN2O3. The number of hydrogen-bond acceptors (Lipinski definition) is 4. The first-order chi connectivity index (χ1) is 10.1. The molecule has 0 aromatic heterocycles. The monoisotopic (exact) mass is 306 g/mol. The van der Waals surface area contributed by atoms with E-state index in [0.717, 1.165) is 16.8 Å². The van der Waals surface area contributed by atoms with Crippen LogP contribution in [0.4, 0.5) is 11.4 Å². The molecule has 0 unspecified atom stereocenters. The normalized spacial score (nSPS) is 10.4. The Morgan fingerprint density at radius 2 is 1.90 bits per heavy atom. The molecule has 0 aliphatic rings. The molecule has 2 aromatic carbocycles. The lowest BCUT2D eigenvalue weighted by Crippen LogP contribution is -2.01. The van der Waals surface area contributed by atoms with Gasteiger partial charge in [-0.15, -0.1) is 0 Å². The minimum Gasteiger partial charge on any atom is -0.388 e. The molecule has 0 amide bonds. The maximum Gasteiger partial charge on any atom is 0.269 e. The molecule has 6 heteroatoms. The van der Waals surface area contributed by atoms with E-state index in [0.29, 0.717) is 11.6 Å². The number of rotatable bonds is 6. The van der Waals surface area contributed by atoms with E-state index in [-0.39, 0.29) is 12.3 Å². The van der Waals surface area contributed by atoms with Crippen LogP contribution < -0.4 is 5.32 Å². The zero-order chi connectivity index (χ0) is 15.2. The summed E-state index contributed by atoms with van der Waals surface area (Å²) in [6.45, 7) is 0.620. The Hall–Kier alpha value is -2.11. The Bertz CT molecular complexity index is 647. The molecule has 1 N–H and O–H groups in total. The van der Waals surface area contributed by atoms with Crippen LogP contribution in [0.5, 0.6) is 0 Å². The molecule has 0 aliphatic heterocycles. The van der Waals surface area contributed by atoms with Crippen LogP contribution in [-0.2, 0) is 18.0 Å². The summed E-state index contributed by atoms with van der Waals surface area (Å²) < 4.78 is 5.62. The number of ether oxygens (including phenoxy) is 1. The maximum atomic E-state index is 10.8. The molecule has 110 valence electrons. The summed E-state index contributed by atoms with van der Waals surface area (Å²) in [4.78, 5) is 10.4. The molecule has 0 heterocycles. The van der Waals surface area contributed by atoms with Crippen LogP contribution in [0.15, 0.2) is 42.5 Å². The highest BCUT2D eigenvalue weighted by atomic mass is 35.5. The third kappa shape index (κ3) is 3.93. The second-order valence-corrected chi connectivity index (χ2v) is 4.84. The van der Waals surface area contributed by atoms with Gasteiger partial charge in [0.15, 0.2) is 0 Å². The lowest BCUT2D eigenvalue weighted by atomic mass is 10.1. The third-order valence-electron chi connectivity index (χ3n) is 3.04. The number of nitro groups is 1. The van der Waals surface area contributed by atoms with Gasteiger partial charge in [0.2, 0.25) is 0 Å². The Morgan fingerprint density at radius 1 is 1.19 bits per heavy atom. The Morgan fingerprint density at radius 3 is 2.57 bits per heavy atom. The summed E-state index contributed by atoms with van der Waals surface area (Å²) in [7, 11) is 1.76. The number of non-ortho nitro benzene ring substituents is 1. The SMILES string of the molecule is CNc1ccc([N+](=O)[O-])cc1COCc1ccccc1Cl. The number of nitrogens with zero attached hydrogens (tertiary/aromatic N) is 1. The van der Waals surface area contributed by atoms with Gasteiger partial charge in [-0.3, -0.25) is 10.1 Å². The van der Waals surface area contributed by atoms with E-state index in [1.807, 2.05) is 18.2 Å². The quantitative estimate of drug-likeness (QED) is 0.647. The third-order valence-corrected chi connectivity index (χ3v) is 3.41. The molecular weight excluding hydrogens is 292 g/mol. The fraction of sp³-hybridized carbons (Fsp3) is 0.200. The molecule has 2 aromatic rings. The van der Waals surface area contributed by atoms with E-state index in [2.05, 4.69) is 5.32 Å². The van der Waals surface area contributed by atoms with Crippen molar-refractivity contribution in [2.24, 2.45) is 0 Å². The number of anilines is 1. The number of halogens is 1. The molecule has 2 rings (SSSR count). The number of nitro benzene ring substituents is 1. The van der Waals surface area contributed by atoms with Gasteiger partial charge in [-0.2, -0.15) is 0 Å². The molecule has 0 spiro atoms. The highest BCUT2D eigenvalue weighted by molar-refractivity contribution is 6.31. The smallest absolute Gasteiger partial charge is 0.269 e. The minimum absolute atomic E-state index is 0.0466. The van der Waals surface area contributed by atoms with Crippen molar-refractivity contribution in [1.82, 2.24) is 0 Å². The van der Waals surface area contributed by atoms with Crippen molar-refractivity contribution in [3.05, 3.63) is 68.7 Å². The summed E-state index contributed by atoms with van der Waals surface area (Å²) in [6, 6.07) is 12.1. The average molecular weight is 307 g/mol. The van der Waals surface area contributed by atoms with Crippen molar-refractivity contribution in [1.29, 1.82) is 0 Å². The van der Waals surface area contributed by atoms with Gasteiger partial charge in [-0.1, -0.05) is 29.8 Å². The van der Waals surface area contributed by atoms with Crippen molar-refractivity contribution in [3.8, 4) is 0 Å². The van der Waals surface area contributed by atoms with Crippen LogP contribution >= 0.6 is 11.6 Å². The van der Waals surface area contributed by atoms with E-state index >= 15 is 0 Å². The van der Waals surface area contributed by atoms with E-state index in [1.54, 1.807) is 19.2 Å². The van der Waals surface area contributed by atoms with Gasteiger partial charge in [0.25, 0.3) is 5.69 Å². The highest BCUT2D eigenvalue weighted by Gasteiger charge is 2.10. The van der Waals surface area contributed by atoms with Crippen molar-refractivity contribution < 1.29 is 9.66 Å². The van der Waals surface area contributed by atoms with Crippen LogP contribution in [0.1, 0.15) is 11.1 Å². The molecule has 0 saturated carbocycles. The van der Waals surface area contributed by atoms with Crippen LogP contribution in [0.2, 0.25) is 5.02 Å². The lowest BCUT2D eigenvalue weighted by Gasteiger charge is -2.10. The van der Waals surface area contributed by atoms with Gasteiger partial charge < -0.3 is 10.1 Å². The predicted molar refractivity (Wildman–Crippen MR) is 82.6 cm³/mol. The second-order valence-electron chi connectivity index (χ2n) is 4.43. The molecule has 0 saturated heterocycles. The summed E-state index contributed by atoms with van der Waals surface area (Å²) in [6.07, 6.45) is 0. The molecule has 0 radical (unpaired) electrons. The van der Waals surface area contributed by atoms with Crippen LogP contribution in [0, 0.1) is 10.1 Å². The second kappa shape index (κ2) is 7.06. The van der Waals surface area contributed by atoms with Crippen LogP contribution in [0.25, 0.3) is 0 Å².